The number of carbonyl (C=O) groups is 2. The Morgan fingerprint density at radius 3 is 2.39 bits per heavy atom. The standard InChI is InChI=1S/C24H21ClF3N5O2S/c25-21(26)23(35)33(17-3-1-13(2-4-17)19-10-31-12-36-19)20(15-8-29-11-30-9-15)22(34)32-18-6-16-5-14(18)7-24(16,27)28/h1-4,8-12,14,16,18,20-21H,5-7H2,(H,32,34). The second-order valence-corrected chi connectivity index (χ2v) is 10.3. The minimum atomic E-state index is -2.74. The van der Waals surface area contributed by atoms with Gasteiger partial charge >= 0.3 is 0 Å². The Labute approximate surface area is 213 Å². The van der Waals surface area contributed by atoms with Crippen LogP contribution in [-0.4, -0.2) is 44.4 Å². The second-order valence-electron chi connectivity index (χ2n) is 9.00. The molecule has 2 saturated carbocycles. The fourth-order valence-corrected chi connectivity index (χ4v) is 5.91. The third-order valence-corrected chi connectivity index (χ3v) is 7.85. The van der Waals surface area contributed by atoms with Crippen molar-refractivity contribution in [1.29, 1.82) is 0 Å². The third-order valence-electron chi connectivity index (χ3n) is 6.84. The Bertz CT molecular complexity index is 1230. The van der Waals surface area contributed by atoms with Gasteiger partial charge in [-0.15, -0.1) is 11.3 Å². The molecule has 2 bridgehead atoms. The van der Waals surface area contributed by atoms with Gasteiger partial charge in [0.25, 0.3) is 17.5 Å². The Morgan fingerprint density at radius 1 is 1.11 bits per heavy atom. The van der Waals surface area contributed by atoms with Crippen LogP contribution in [0.1, 0.15) is 30.9 Å². The van der Waals surface area contributed by atoms with Crippen LogP contribution in [-0.2, 0) is 9.59 Å². The lowest BCUT2D eigenvalue weighted by Gasteiger charge is -2.34. The molecule has 2 amide bonds. The quantitative estimate of drug-likeness (QED) is 0.441. The van der Waals surface area contributed by atoms with Gasteiger partial charge in [-0.2, -0.15) is 0 Å². The summed E-state index contributed by atoms with van der Waals surface area (Å²) in [6.45, 7) is 0. The normalized spacial score (nSPS) is 23.7. The smallest absolute Gasteiger partial charge is 0.278 e. The molecule has 3 aromatic rings. The Balaban J connectivity index is 1.49. The molecule has 12 heteroatoms. The molecule has 7 nitrogen and oxygen atoms in total. The van der Waals surface area contributed by atoms with E-state index in [-0.39, 0.29) is 30.0 Å². The number of halogens is 4. The van der Waals surface area contributed by atoms with Crippen LogP contribution in [0.15, 0.2) is 54.7 Å². The number of hydrogen-bond acceptors (Lipinski definition) is 6. The van der Waals surface area contributed by atoms with Gasteiger partial charge in [0.2, 0.25) is 5.91 Å². The number of nitrogens with zero attached hydrogens (tertiary/aromatic N) is 4. The molecule has 5 rings (SSSR count). The number of nitrogens with one attached hydrogen (secondary N) is 1. The molecule has 2 aliphatic carbocycles. The molecular formula is C24H21ClF3N5O2S. The van der Waals surface area contributed by atoms with E-state index in [1.54, 1.807) is 36.0 Å². The molecule has 0 aliphatic heterocycles. The average Bonchev–Trinajstić information content (AvgIpc) is 3.59. The highest BCUT2D eigenvalue weighted by Gasteiger charge is 2.57. The van der Waals surface area contributed by atoms with Crippen LogP contribution in [0.2, 0.25) is 0 Å². The zero-order valence-electron chi connectivity index (χ0n) is 18.7. The van der Waals surface area contributed by atoms with Gasteiger partial charge < -0.3 is 5.32 Å². The predicted octanol–water partition coefficient (Wildman–Crippen LogP) is 4.76. The lowest BCUT2D eigenvalue weighted by Crippen LogP contribution is -2.50. The molecule has 1 N–H and O–H groups in total. The van der Waals surface area contributed by atoms with E-state index in [1.807, 2.05) is 0 Å². The molecular weight excluding hydrogens is 515 g/mol. The van der Waals surface area contributed by atoms with Crippen molar-refractivity contribution >= 4 is 40.4 Å². The van der Waals surface area contributed by atoms with Crippen molar-refractivity contribution in [2.45, 2.75) is 42.9 Å². The van der Waals surface area contributed by atoms with Crippen molar-refractivity contribution in [1.82, 2.24) is 20.3 Å². The average molecular weight is 536 g/mol. The molecule has 2 aromatic heterocycles. The van der Waals surface area contributed by atoms with E-state index in [0.29, 0.717) is 6.42 Å². The molecule has 2 heterocycles. The summed E-state index contributed by atoms with van der Waals surface area (Å²) < 4.78 is 42.2. The maximum Gasteiger partial charge on any atom is 0.278 e. The van der Waals surface area contributed by atoms with Gasteiger partial charge in [-0.05, 0) is 36.5 Å². The number of hydrogen-bond donors (Lipinski definition) is 1. The maximum atomic E-state index is 14.2. The largest absolute Gasteiger partial charge is 0.351 e. The summed E-state index contributed by atoms with van der Waals surface area (Å²) in [7, 11) is 0. The first-order valence-electron chi connectivity index (χ1n) is 11.3. The van der Waals surface area contributed by atoms with Gasteiger partial charge in [0.1, 0.15) is 12.4 Å². The Morgan fingerprint density at radius 2 is 1.83 bits per heavy atom. The van der Waals surface area contributed by atoms with Gasteiger partial charge in [-0.3, -0.25) is 19.5 Å². The molecule has 2 fully saturated rings. The number of rotatable bonds is 7. The highest BCUT2D eigenvalue weighted by atomic mass is 35.5. The van der Waals surface area contributed by atoms with Crippen molar-refractivity contribution in [3.05, 3.63) is 60.3 Å². The number of fused-ring (bicyclic) bond motifs is 2. The number of alkyl halides is 4. The van der Waals surface area contributed by atoms with E-state index in [9.17, 15) is 22.8 Å². The van der Waals surface area contributed by atoms with Gasteiger partial charge in [0.05, 0.1) is 10.4 Å². The number of benzene rings is 1. The molecule has 1 aromatic carbocycles. The number of carbonyl (C=O) groups excluding carboxylic acids is 2. The lowest BCUT2D eigenvalue weighted by molar-refractivity contribution is -0.128. The highest BCUT2D eigenvalue weighted by molar-refractivity contribution is 7.13. The first-order chi connectivity index (χ1) is 17.2. The lowest BCUT2D eigenvalue weighted by atomic mass is 9.92. The van der Waals surface area contributed by atoms with E-state index in [1.165, 1.54) is 30.1 Å². The van der Waals surface area contributed by atoms with Crippen LogP contribution in [0.4, 0.5) is 18.9 Å². The van der Waals surface area contributed by atoms with Gasteiger partial charge in [0.15, 0.2) is 0 Å². The molecule has 5 unspecified atom stereocenters. The fraction of sp³-hybridized carbons (Fsp3) is 0.375. The highest BCUT2D eigenvalue weighted by Crippen LogP contribution is 2.53. The second kappa shape index (κ2) is 9.78. The molecule has 36 heavy (non-hydrogen) atoms. The molecule has 0 spiro atoms. The van der Waals surface area contributed by atoms with Crippen LogP contribution < -0.4 is 10.2 Å². The minimum Gasteiger partial charge on any atom is -0.351 e. The van der Waals surface area contributed by atoms with Gasteiger partial charge in [0, 0.05) is 48.2 Å². The number of thiazole rings is 1. The first-order valence-corrected chi connectivity index (χ1v) is 12.6. The van der Waals surface area contributed by atoms with Crippen molar-refractivity contribution in [3.8, 4) is 10.4 Å². The zero-order valence-corrected chi connectivity index (χ0v) is 20.3. The van der Waals surface area contributed by atoms with Crippen LogP contribution in [0.3, 0.4) is 0 Å². The number of amides is 2. The summed E-state index contributed by atoms with van der Waals surface area (Å²) in [6.07, 6.45) is 5.81. The summed E-state index contributed by atoms with van der Waals surface area (Å²) in [5, 5.41) is 2.83. The van der Waals surface area contributed by atoms with E-state index in [0.717, 1.165) is 15.3 Å². The monoisotopic (exact) mass is 535 g/mol. The van der Waals surface area contributed by atoms with Gasteiger partial charge in [-0.25, -0.2) is 23.1 Å². The molecule has 0 saturated heterocycles. The zero-order chi connectivity index (χ0) is 25.4. The summed E-state index contributed by atoms with van der Waals surface area (Å²) in [4.78, 5) is 40.4. The number of anilines is 1. The number of aromatic nitrogens is 3. The van der Waals surface area contributed by atoms with Crippen molar-refractivity contribution < 1.29 is 22.8 Å². The van der Waals surface area contributed by atoms with E-state index < -0.39 is 41.4 Å². The SMILES string of the molecule is O=C(NC1CC2CC1CC2(F)F)C(c1cncnc1)N(C(=O)C(F)Cl)c1ccc(-c2cncs2)cc1. The molecule has 5 atom stereocenters. The van der Waals surface area contributed by atoms with Crippen LogP contribution in [0.5, 0.6) is 0 Å². The van der Waals surface area contributed by atoms with Crippen molar-refractivity contribution in [3.63, 3.8) is 0 Å². The Kier molecular flexibility index (Phi) is 6.69. The first kappa shape index (κ1) is 24.6. The predicted molar refractivity (Wildman–Crippen MR) is 128 cm³/mol. The summed E-state index contributed by atoms with van der Waals surface area (Å²) >= 11 is 6.99. The topological polar surface area (TPSA) is 88.1 Å². The molecule has 2 aliphatic rings. The van der Waals surface area contributed by atoms with Crippen LogP contribution in [0.25, 0.3) is 10.4 Å². The van der Waals surface area contributed by atoms with Crippen LogP contribution in [0, 0.1) is 11.8 Å². The van der Waals surface area contributed by atoms with E-state index in [4.69, 9.17) is 11.6 Å². The summed E-state index contributed by atoms with van der Waals surface area (Å²) in [5.41, 5.74) is 0.526. The van der Waals surface area contributed by atoms with Gasteiger partial charge in [-0.1, -0.05) is 23.7 Å². The molecule has 188 valence electrons. The van der Waals surface area contributed by atoms with E-state index in [2.05, 4.69) is 20.3 Å². The van der Waals surface area contributed by atoms with E-state index >= 15 is 0 Å². The van der Waals surface area contributed by atoms with Crippen molar-refractivity contribution in [2.75, 3.05) is 4.90 Å². The maximum absolute atomic E-state index is 14.2. The van der Waals surface area contributed by atoms with Crippen molar-refractivity contribution in [2.24, 2.45) is 11.8 Å². The minimum absolute atomic E-state index is 0.139. The summed E-state index contributed by atoms with van der Waals surface area (Å²) in [5.74, 6) is -5.69. The van der Waals surface area contributed by atoms with Crippen LogP contribution >= 0.6 is 22.9 Å². The fourth-order valence-electron chi connectivity index (χ4n) is 5.17. The Hall–Kier alpha value is -3.05. The molecule has 0 radical (unpaired) electrons. The summed E-state index contributed by atoms with van der Waals surface area (Å²) in [6, 6.07) is 4.75. The third kappa shape index (κ3) is 4.69.